The van der Waals surface area contributed by atoms with Crippen LogP contribution in [0, 0.1) is 0 Å². The summed E-state index contributed by atoms with van der Waals surface area (Å²) >= 11 is 0. The van der Waals surface area contributed by atoms with Crippen LogP contribution in [0.3, 0.4) is 0 Å². The third-order valence-corrected chi connectivity index (χ3v) is 1.49. The molecule has 5 heteroatoms. The Morgan fingerprint density at radius 1 is 1.46 bits per heavy atom. The third kappa shape index (κ3) is 5.19. The van der Waals surface area contributed by atoms with Crippen molar-refractivity contribution < 1.29 is 14.3 Å². The first-order valence-electron chi connectivity index (χ1n) is 4.30. The Morgan fingerprint density at radius 3 is 2.54 bits per heavy atom. The number of esters is 1. The van der Waals surface area contributed by atoms with Crippen LogP contribution in [0.5, 0.6) is 0 Å². The number of hydrogen-bond donors (Lipinski definition) is 2. The number of hydrogen-bond acceptors (Lipinski definition) is 4. The van der Waals surface area contributed by atoms with Crippen molar-refractivity contribution >= 4 is 11.9 Å². The molecular weight excluding hydrogens is 172 g/mol. The highest BCUT2D eigenvalue weighted by Gasteiger charge is 2.11. The Kier molecular flexibility index (Phi) is 5.88. The van der Waals surface area contributed by atoms with Crippen LogP contribution in [0.15, 0.2) is 0 Å². The minimum Gasteiger partial charge on any atom is -0.465 e. The average molecular weight is 188 g/mol. The first-order chi connectivity index (χ1) is 6.11. The molecule has 0 bridgehead atoms. The quantitative estimate of drug-likeness (QED) is 0.565. The molecule has 0 spiro atoms. The zero-order chi connectivity index (χ0) is 10.3. The number of nitrogens with two attached hydrogens (primary N) is 1. The van der Waals surface area contributed by atoms with Gasteiger partial charge >= 0.3 is 5.97 Å². The molecule has 0 radical (unpaired) electrons. The number of rotatable bonds is 5. The van der Waals surface area contributed by atoms with E-state index in [1.54, 1.807) is 13.8 Å². The molecular formula is C8H16N2O3. The Balaban J connectivity index is 3.63. The van der Waals surface area contributed by atoms with Crippen LogP contribution in [0.4, 0.5) is 0 Å². The highest BCUT2D eigenvalue weighted by Crippen LogP contribution is 1.85. The maximum Gasteiger partial charge on any atom is 0.325 e. The maximum absolute atomic E-state index is 11.0. The van der Waals surface area contributed by atoms with Crippen molar-refractivity contribution in [3.8, 4) is 0 Å². The highest BCUT2D eigenvalue weighted by molar-refractivity contribution is 5.85. The fourth-order valence-electron chi connectivity index (χ4n) is 0.688. The number of ether oxygens (including phenoxy) is 1. The molecule has 0 fully saturated rings. The average Bonchev–Trinajstić information content (AvgIpc) is 2.13. The van der Waals surface area contributed by atoms with Crippen LogP contribution in [0.1, 0.15) is 20.3 Å². The molecule has 0 aliphatic rings. The molecule has 1 amide bonds. The summed E-state index contributed by atoms with van der Waals surface area (Å²) < 4.78 is 4.61. The van der Waals surface area contributed by atoms with Crippen molar-refractivity contribution in [1.29, 1.82) is 0 Å². The van der Waals surface area contributed by atoms with E-state index in [-0.39, 0.29) is 12.5 Å². The smallest absolute Gasteiger partial charge is 0.325 e. The van der Waals surface area contributed by atoms with Crippen molar-refractivity contribution in [2.45, 2.75) is 26.3 Å². The summed E-state index contributed by atoms with van der Waals surface area (Å²) in [6.45, 7) is 3.71. The van der Waals surface area contributed by atoms with Gasteiger partial charge in [-0.3, -0.25) is 9.59 Å². The minimum absolute atomic E-state index is 0.111. The minimum atomic E-state index is -0.547. The van der Waals surface area contributed by atoms with E-state index in [4.69, 9.17) is 5.73 Å². The van der Waals surface area contributed by atoms with E-state index in [0.29, 0.717) is 13.0 Å². The van der Waals surface area contributed by atoms with Crippen LogP contribution in [-0.4, -0.2) is 31.1 Å². The molecule has 0 heterocycles. The summed E-state index contributed by atoms with van der Waals surface area (Å²) in [5.74, 6) is -0.769. The van der Waals surface area contributed by atoms with Gasteiger partial charge in [0, 0.05) is 0 Å². The van der Waals surface area contributed by atoms with Crippen LogP contribution in [0.25, 0.3) is 0 Å². The van der Waals surface area contributed by atoms with Crippen LogP contribution >= 0.6 is 0 Å². The van der Waals surface area contributed by atoms with Gasteiger partial charge in [0.15, 0.2) is 0 Å². The Labute approximate surface area is 77.6 Å². The molecule has 0 aliphatic carbocycles. The fourth-order valence-corrected chi connectivity index (χ4v) is 0.688. The topological polar surface area (TPSA) is 81.4 Å². The second kappa shape index (κ2) is 6.42. The molecule has 0 unspecified atom stereocenters. The van der Waals surface area contributed by atoms with Gasteiger partial charge in [-0.15, -0.1) is 0 Å². The number of nitrogens with one attached hydrogen (secondary N) is 1. The predicted octanol–water partition coefficient (Wildman–Crippen LogP) is -0.597. The lowest BCUT2D eigenvalue weighted by atomic mass is 10.2. The Bertz CT molecular complexity index is 182. The summed E-state index contributed by atoms with van der Waals surface area (Å²) in [5, 5.41) is 2.38. The summed E-state index contributed by atoms with van der Waals surface area (Å²) in [6, 6.07) is -0.547. The number of amides is 1. The van der Waals surface area contributed by atoms with Crippen molar-refractivity contribution in [2.24, 2.45) is 5.73 Å². The first kappa shape index (κ1) is 11.9. The molecule has 0 saturated carbocycles. The molecule has 5 nitrogen and oxygen atoms in total. The van der Waals surface area contributed by atoms with Crippen molar-refractivity contribution in [2.75, 3.05) is 13.2 Å². The zero-order valence-electron chi connectivity index (χ0n) is 8.00. The second-order valence-electron chi connectivity index (χ2n) is 2.54. The van der Waals surface area contributed by atoms with Gasteiger partial charge in [0.2, 0.25) is 5.91 Å². The SMILES string of the molecule is CCOC(=O)CNC(=O)[C@@H](N)CC. The van der Waals surface area contributed by atoms with Gasteiger partial charge in [-0.2, -0.15) is 0 Å². The normalized spacial score (nSPS) is 11.9. The van der Waals surface area contributed by atoms with Gasteiger partial charge in [-0.25, -0.2) is 0 Å². The van der Waals surface area contributed by atoms with Crippen LogP contribution in [0.2, 0.25) is 0 Å². The summed E-state index contributed by atoms with van der Waals surface area (Å²) in [6.07, 6.45) is 0.550. The highest BCUT2D eigenvalue weighted by atomic mass is 16.5. The maximum atomic E-state index is 11.0. The summed E-state index contributed by atoms with van der Waals surface area (Å²) in [7, 11) is 0. The number of carbonyl (C=O) groups is 2. The van der Waals surface area contributed by atoms with E-state index in [1.807, 2.05) is 0 Å². The van der Waals surface area contributed by atoms with E-state index in [1.165, 1.54) is 0 Å². The van der Waals surface area contributed by atoms with Gasteiger partial charge in [0.25, 0.3) is 0 Å². The summed E-state index contributed by atoms with van der Waals surface area (Å²) in [5.41, 5.74) is 5.41. The molecule has 13 heavy (non-hydrogen) atoms. The molecule has 0 aromatic carbocycles. The van der Waals surface area contributed by atoms with Gasteiger partial charge in [0.1, 0.15) is 6.54 Å². The van der Waals surface area contributed by atoms with Gasteiger partial charge in [0.05, 0.1) is 12.6 Å². The molecule has 0 aliphatic heterocycles. The lowest BCUT2D eigenvalue weighted by Gasteiger charge is -2.08. The van der Waals surface area contributed by atoms with E-state index in [9.17, 15) is 9.59 Å². The molecule has 76 valence electrons. The van der Waals surface area contributed by atoms with Gasteiger partial charge < -0.3 is 15.8 Å². The Morgan fingerprint density at radius 2 is 2.08 bits per heavy atom. The largest absolute Gasteiger partial charge is 0.465 e. The number of carbonyl (C=O) groups excluding carboxylic acids is 2. The lowest BCUT2D eigenvalue weighted by molar-refractivity contribution is -0.143. The molecule has 0 aromatic heterocycles. The van der Waals surface area contributed by atoms with Crippen molar-refractivity contribution in [1.82, 2.24) is 5.32 Å². The molecule has 1 atom stereocenters. The van der Waals surface area contributed by atoms with E-state index >= 15 is 0 Å². The standard InChI is InChI=1S/C8H16N2O3/c1-3-6(9)8(12)10-5-7(11)13-4-2/h6H,3-5,9H2,1-2H3,(H,10,12)/t6-/m0/s1. The predicted molar refractivity (Wildman–Crippen MR) is 47.9 cm³/mol. The first-order valence-corrected chi connectivity index (χ1v) is 4.30. The monoisotopic (exact) mass is 188 g/mol. The summed E-state index contributed by atoms with van der Waals surface area (Å²) in [4.78, 5) is 21.8. The van der Waals surface area contributed by atoms with Crippen LogP contribution < -0.4 is 11.1 Å². The van der Waals surface area contributed by atoms with Gasteiger partial charge in [-0.1, -0.05) is 6.92 Å². The molecule has 0 rings (SSSR count). The lowest BCUT2D eigenvalue weighted by Crippen LogP contribution is -2.42. The molecule has 0 saturated heterocycles. The fraction of sp³-hybridized carbons (Fsp3) is 0.750. The second-order valence-corrected chi connectivity index (χ2v) is 2.54. The van der Waals surface area contributed by atoms with Gasteiger partial charge in [-0.05, 0) is 13.3 Å². The van der Waals surface area contributed by atoms with E-state index in [2.05, 4.69) is 10.1 Å². The Hall–Kier alpha value is -1.10. The molecule has 0 aromatic rings. The van der Waals surface area contributed by atoms with E-state index < -0.39 is 12.0 Å². The zero-order valence-corrected chi connectivity index (χ0v) is 8.00. The van der Waals surface area contributed by atoms with Crippen molar-refractivity contribution in [3.63, 3.8) is 0 Å². The van der Waals surface area contributed by atoms with Crippen molar-refractivity contribution in [3.05, 3.63) is 0 Å². The van der Waals surface area contributed by atoms with Crippen LogP contribution in [-0.2, 0) is 14.3 Å². The van der Waals surface area contributed by atoms with E-state index in [0.717, 1.165) is 0 Å². The molecule has 3 N–H and O–H groups in total. The third-order valence-electron chi connectivity index (χ3n) is 1.49.